The molecule has 166 valence electrons. The van der Waals surface area contributed by atoms with E-state index in [1.807, 2.05) is 24.3 Å². The molecular formula is C24H22O8. The molecule has 3 rings (SSSR count). The van der Waals surface area contributed by atoms with E-state index in [0.717, 1.165) is 29.3 Å². The number of hydrogen-bond acceptors (Lipinski definition) is 5. The van der Waals surface area contributed by atoms with Gasteiger partial charge in [0.15, 0.2) is 0 Å². The van der Waals surface area contributed by atoms with Crippen LogP contribution in [0.3, 0.4) is 0 Å². The zero-order valence-electron chi connectivity index (χ0n) is 17.3. The number of carboxylic acid groups (broad SMARTS) is 3. The zero-order valence-corrected chi connectivity index (χ0v) is 17.3. The Labute approximate surface area is 183 Å². The Morgan fingerprint density at radius 1 is 0.562 bits per heavy atom. The molecule has 0 fully saturated rings. The molecule has 0 saturated carbocycles. The fraction of sp³-hybridized carbons (Fsp3) is 0.125. The Balaban J connectivity index is 0.000000229. The maximum absolute atomic E-state index is 10.6. The van der Waals surface area contributed by atoms with Gasteiger partial charge in [-0.3, -0.25) is 0 Å². The average molecular weight is 438 g/mol. The van der Waals surface area contributed by atoms with Crippen LogP contribution in [0.1, 0.15) is 56.0 Å². The highest BCUT2D eigenvalue weighted by atomic mass is 16.4. The van der Waals surface area contributed by atoms with Gasteiger partial charge in [0.2, 0.25) is 0 Å². The van der Waals surface area contributed by atoms with Crippen molar-refractivity contribution >= 4 is 17.9 Å². The minimum Gasteiger partial charge on any atom is -0.508 e. The quantitative estimate of drug-likeness (QED) is 0.397. The van der Waals surface area contributed by atoms with Crippen LogP contribution in [-0.2, 0) is 5.41 Å². The van der Waals surface area contributed by atoms with Gasteiger partial charge in [-0.05, 0) is 53.6 Å². The molecular weight excluding hydrogens is 416 g/mol. The van der Waals surface area contributed by atoms with E-state index in [1.54, 1.807) is 24.3 Å². The Bertz CT molecular complexity index is 1000. The number of aromatic carboxylic acids is 3. The van der Waals surface area contributed by atoms with Crippen molar-refractivity contribution < 1.29 is 39.9 Å². The van der Waals surface area contributed by atoms with E-state index >= 15 is 0 Å². The zero-order chi connectivity index (χ0) is 24.1. The van der Waals surface area contributed by atoms with Crippen molar-refractivity contribution in [3.8, 4) is 11.5 Å². The third kappa shape index (κ3) is 5.85. The summed E-state index contributed by atoms with van der Waals surface area (Å²) in [5, 5.41) is 44.4. The summed E-state index contributed by atoms with van der Waals surface area (Å²) in [5.74, 6) is -3.58. The van der Waals surface area contributed by atoms with E-state index in [1.165, 1.54) is 0 Å². The predicted molar refractivity (Wildman–Crippen MR) is 116 cm³/mol. The van der Waals surface area contributed by atoms with E-state index < -0.39 is 17.9 Å². The van der Waals surface area contributed by atoms with Crippen molar-refractivity contribution in [2.75, 3.05) is 0 Å². The molecule has 0 aromatic heterocycles. The van der Waals surface area contributed by atoms with E-state index in [-0.39, 0.29) is 33.6 Å². The molecule has 8 heteroatoms. The molecule has 0 aliphatic heterocycles. The maximum atomic E-state index is 10.6. The third-order valence-corrected chi connectivity index (χ3v) is 4.85. The molecule has 3 aromatic carbocycles. The van der Waals surface area contributed by atoms with Gasteiger partial charge in [-0.2, -0.15) is 0 Å². The maximum Gasteiger partial charge on any atom is 0.335 e. The molecule has 0 amide bonds. The van der Waals surface area contributed by atoms with Gasteiger partial charge in [0, 0.05) is 5.41 Å². The van der Waals surface area contributed by atoms with Gasteiger partial charge < -0.3 is 25.5 Å². The number of rotatable bonds is 5. The highest BCUT2D eigenvalue weighted by Gasteiger charge is 2.22. The minimum atomic E-state index is -1.37. The van der Waals surface area contributed by atoms with E-state index in [4.69, 9.17) is 15.3 Å². The molecule has 0 bridgehead atoms. The Kier molecular flexibility index (Phi) is 7.22. The van der Waals surface area contributed by atoms with Crippen molar-refractivity contribution in [1.82, 2.24) is 0 Å². The molecule has 3 aromatic rings. The topological polar surface area (TPSA) is 152 Å². The summed E-state index contributed by atoms with van der Waals surface area (Å²) >= 11 is 0. The lowest BCUT2D eigenvalue weighted by Gasteiger charge is -2.26. The molecule has 8 nitrogen and oxygen atoms in total. The molecule has 0 atom stereocenters. The molecule has 0 radical (unpaired) electrons. The monoisotopic (exact) mass is 438 g/mol. The molecule has 0 heterocycles. The van der Waals surface area contributed by atoms with Crippen LogP contribution >= 0.6 is 0 Å². The summed E-state index contributed by atoms with van der Waals surface area (Å²) in [4.78, 5) is 31.7. The smallest absolute Gasteiger partial charge is 0.335 e. The molecule has 0 saturated heterocycles. The highest BCUT2D eigenvalue weighted by Crippen LogP contribution is 2.32. The van der Waals surface area contributed by atoms with Gasteiger partial charge in [0.25, 0.3) is 0 Å². The number of carboxylic acids is 3. The first kappa shape index (κ1) is 23.9. The van der Waals surface area contributed by atoms with Crippen LogP contribution in [0.5, 0.6) is 11.5 Å². The first-order valence-electron chi connectivity index (χ1n) is 9.36. The second-order valence-electron chi connectivity index (χ2n) is 7.43. The first-order chi connectivity index (χ1) is 14.9. The van der Waals surface area contributed by atoms with Crippen LogP contribution in [0, 0.1) is 0 Å². The lowest BCUT2D eigenvalue weighted by atomic mass is 9.78. The third-order valence-electron chi connectivity index (χ3n) is 4.85. The molecule has 5 N–H and O–H groups in total. The van der Waals surface area contributed by atoms with E-state index in [2.05, 4.69) is 13.8 Å². The second kappa shape index (κ2) is 9.65. The standard InChI is InChI=1S/C15H16O2.C9H6O6/c1-15(2,11-3-7-13(16)8-4-11)12-5-9-14(17)10-6-12;10-7(11)4-1-5(8(12)13)3-6(2-4)9(14)15/h3-10,16-17H,1-2H3;1-3H,(H,10,11)(H,12,13)(H,14,15). The molecule has 0 spiro atoms. The van der Waals surface area contributed by atoms with E-state index in [9.17, 15) is 24.6 Å². The number of carbonyl (C=O) groups is 3. The SMILES string of the molecule is CC(C)(c1ccc(O)cc1)c1ccc(O)cc1.O=C(O)c1cc(C(=O)O)cc(C(=O)O)c1. The average Bonchev–Trinajstić information content (AvgIpc) is 2.74. The van der Waals surface area contributed by atoms with Gasteiger partial charge >= 0.3 is 17.9 Å². The molecule has 0 aliphatic rings. The summed E-state index contributed by atoms with van der Waals surface area (Å²) < 4.78 is 0. The summed E-state index contributed by atoms with van der Waals surface area (Å²) in [6.45, 7) is 4.23. The summed E-state index contributed by atoms with van der Waals surface area (Å²) in [6, 6.07) is 17.1. The number of benzene rings is 3. The van der Waals surface area contributed by atoms with E-state index in [0.29, 0.717) is 0 Å². The normalized spacial score (nSPS) is 10.6. The molecule has 0 aliphatic carbocycles. The van der Waals surface area contributed by atoms with Crippen molar-refractivity contribution in [2.24, 2.45) is 0 Å². The van der Waals surface area contributed by atoms with Crippen molar-refractivity contribution in [1.29, 1.82) is 0 Å². The minimum absolute atomic E-state index is 0.151. The second-order valence-corrected chi connectivity index (χ2v) is 7.43. The largest absolute Gasteiger partial charge is 0.508 e. The summed E-state index contributed by atoms with van der Waals surface area (Å²) in [7, 11) is 0. The van der Waals surface area contributed by atoms with Crippen LogP contribution in [0.4, 0.5) is 0 Å². The Hall–Kier alpha value is -4.33. The van der Waals surface area contributed by atoms with Crippen molar-refractivity contribution in [3.05, 3.63) is 94.5 Å². The van der Waals surface area contributed by atoms with Gasteiger partial charge in [0.1, 0.15) is 11.5 Å². The van der Waals surface area contributed by atoms with Gasteiger partial charge in [-0.1, -0.05) is 38.1 Å². The fourth-order valence-electron chi connectivity index (χ4n) is 2.92. The van der Waals surface area contributed by atoms with Crippen LogP contribution in [-0.4, -0.2) is 43.4 Å². The van der Waals surface area contributed by atoms with Gasteiger partial charge in [0.05, 0.1) is 16.7 Å². The van der Waals surface area contributed by atoms with Crippen LogP contribution in [0.15, 0.2) is 66.7 Å². The number of aromatic hydroxyl groups is 2. The number of hydrogen-bond donors (Lipinski definition) is 5. The predicted octanol–water partition coefficient (Wildman–Crippen LogP) is 4.20. The van der Waals surface area contributed by atoms with Crippen molar-refractivity contribution in [2.45, 2.75) is 19.3 Å². The van der Waals surface area contributed by atoms with Crippen LogP contribution in [0.2, 0.25) is 0 Å². The molecule has 32 heavy (non-hydrogen) atoms. The first-order valence-corrected chi connectivity index (χ1v) is 9.36. The van der Waals surface area contributed by atoms with Crippen LogP contribution in [0.25, 0.3) is 0 Å². The van der Waals surface area contributed by atoms with Gasteiger partial charge in [-0.25, -0.2) is 14.4 Å². The Morgan fingerprint density at radius 2 is 0.812 bits per heavy atom. The van der Waals surface area contributed by atoms with Gasteiger partial charge in [-0.15, -0.1) is 0 Å². The lowest BCUT2D eigenvalue weighted by molar-refractivity contribution is 0.0696. The Morgan fingerprint density at radius 3 is 1.03 bits per heavy atom. The summed E-state index contributed by atoms with van der Waals surface area (Å²) in [5.41, 5.74) is 0.996. The summed E-state index contributed by atoms with van der Waals surface area (Å²) in [6.07, 6.45) is 0. The van der Waals surface area contributed by atoms with Crippen molar-refractivity contribution in [3.63, 3.8) is 0 Å². The fourth-order valence-corrected chi connectivity index (χ4v) is 2.92. The lowest BCUT2D eigenvalue weighted by Crippen LogP contribution is -2.18. The molecule has 0 unspecified atom stereocenters. The highest BCUT2D eigenvalue weighted by molar-refractivity contribution is 5.98. The van der Waals surface area contributed by atoms with Crippen LogP contribution < -0.4 is 0 Å². The number of phenols is 2. The number of phenolic OH excluding ortho intramolecular Hbond substituents is 2.